The summed E-state index contributed by atoms with van der Waals surface area (Å²) in [4.78, 5) is 12.7. The van der Waals surface area contributed by atoms with Crippen molar-refractivity contribution in [3.05, 3.63) is 35.9 Å². The predicted molar refractivity (Wildman–Crippen MR) is 85.7 cm³/mol. The lowest BCUT2D eigenvalue weighted by Gasteiger charge is -2.29. The molecule has 2 saturated carbocycles. The van der Waals surface area contributed by atoms with Gasteiger partial charge < -0.3 is 10.1 Å². The van der Waals surface area contributed by atoms with Crippen molar-refractivity contribution in [3.63, 3.8) is 0 Å². The molecule has 3 aliphatic rings. The van der Waals surface area contributed by atoms with Crippen LogP contribution in [0.2, 0.25) is 0 Å². The number of halogens is 2. The highest BCUT2D eigenvalue weighted by Gasteiger charge is 2.78. The topological polar surface area (TPSA) is 38.3 Å². The molecule has 1 aromatic carbocycles. The molecule has 0 spiro atoms. The number of nitrogens with one attached hydrogen (secondary N) is 1. The molecule has 3 unspecified atom stereocenters. The fraction of sp³-hybridized carbons (Fsp3) is 0.632. The first-order chi connectivity index (χ1) is 11.5. The molecule has 5 heteroatoms. The number of hydrogen-bond donors (Lipinski definition) is 1. The first-order valence-electron chi connectivity index (χ1n) is 8.83. The Labute approximate surface area is 140 Å². The minimum absolute atomic E-state index is 0.0471. The first-order valence-corrected chi connectivity index (χ1v) is 8.83. The quantitative estimate of drug-likeness (QED) is 0.897. The van der Waals surface area contributed by atoms with E-state index in [9.17, 15) is 13.6 Å². The molecule has 0 radical (unpaired) electrons. The summed E-state index contributed by atoms with van der Waals surface area (Å²) in [6.45, 7) is 0.964. The standard InChI is InChI=1S/C19H23F2NO2/c20-19(21)12-18(19,15-6-8-24-9-7-15)17(23)22-16-11-14(16)10-13-4-2-1-3-5-13/h1-5,14-16H,6-12H2,(H,22,23). The van der Waals surface area contributed by atoms with Gasteiger partial charge in [-0.05, 0) is 43.1 Å². The number of rotatable bonds is 5. The van der Waals surface area contributed by atoms with Crippen LogP contribution in [0.15, 0.2) is 30.3 Å². The van der Waals surface area contributed by atoms with Gasteiger partial charge in [-0.2, -0.15) is 0 Å². The lowest BCUT2D eigenvalue weighted by atomic mass is 9.81. The fourth-order valence-corrected chi connectivity index (χ4v) is 4.24. The van der Waals surface area contributed by atoms with Gasteiger partial charge in [-0.3, -0.25) is 4.79 Å². The highest BCUT2D eigenvalue weighted by atomic mass is 19.3. The molecule has 1 amide bonds. The van der Waals surface area contributed by atoms with E-state index in [1.807, 2.05) is 18.2 Å². The smallest absolute Gasteiger partial charge is 0.264 e. The molecule has 1 aromatic rings. The second-order valence-corrected chi connectivity index (χ2v) is 7.50. The van der Waals surface area contributed by atoms with Crippen molar-refractivity contribution in [2.45, 2.75) is 44.1 Å². The zero-order valence-electron chi connectivity index (χ0n) is 13.6. The second kappa shape index (κ2) is 5.80. The average molecular weight is 335 g/mol. The minimum Gasteiger partial charge on any atom is -0.381 e. The van der Waals surface area contributed by atoms with Gasteiger partial charge >= 0.3 is 0 Å². The summed E-state index contributed by atoms with van der Waals surface area (Å²) in [5.74, 6) is -3.17. The summed E-state index contributed by atoms with van der Waals surface area (Å²) < 4.78 is 33.5. The van der Waals surface area contributed by atoms with E-state index in [0.717, 1.165) is 12.8 Å². The molecule has 0 bridgehead atoms. The average Bonchev–Trinajstić information content (AvgIpc) is 3.45. The van der Waals surface area contributed by atoms with Gasteiger partial charge in [-0.1, -0.05) is 30.3 Å². The van der Waals surface area contributed by atoms with E-state index in [2.05, 4.69) is 17.4 Å². The van der Waals surface area contributed by atoms with Crippen molar-refractivity contribution in [2.75, 3.05) is 13.2 Å². The van der Waals surface area contributed by atoms with E-state index in [4.69, 9.17) is 4.74 Å². The van der Waals surface area contributed by atoms with E-state index in [-0.39, 0.29) is 18.4 Å². The molecule has 4 rings (SSSR count). The van der Waals surface area contributed by atoms with Crippen molar-refractivity contribution in [1.29, 1.82) is 0 Å². The third-order valence-corrected chi connectivity index (χ3v) is 5.93. The van der Waals surface area contributed by atoms with Crippen molar-refractivity contribution in [2.24, 2.45) is 17.3 Å². The number of carbonyl (C=O) groups is 1. The summed E-state index contributed by atoms with van der Waals surface area (Å²) >= 11 is 0. The third-order valence-electron chi connectivity index (χ3n) is 5.93. The molecule has 3 nitrogen and oxygen atoms in total. The molecule has 1 N–H and O–H groups in total. The number of alkyl halides is 2. The summed E-state index contributed by atoms with van der Waals surface area (Å²) in [5, 5.41) is 2.92. The summed E-state index contributed by atoms with van der Waals surface area (Å²) in [5.41, 5.74) is -0.244. The van der Waals surface area contributed by atoms with Crippen LogP contribution in [0.5, 0.6) is 0 Å². The van der Waals surface area contributed by atoms with Gasteiger partial charge in [0.2, 0.25) is 5.91 Å². The van der Waals surface area contributed by atoms with Gasteiger partial charge in [-0.25, -0.2) is 8.78 Å². The van der Waals surface area contributed by atoms with Crippen LogP contribution >= 0.6 is 0 Å². The van der Waals surface area contributed by atoms with Gasteiger partial charge in [0.1, 0.15) is 5.41 Å². The van der Waals surface area contributed by atoms with Crippen molar-refractivity contribution < 1.29 is 18.3 Å². The van der Waals surface area contributed by atoms with Crippen LogP contribution in [0.4, 0.5) is 8.78 Å². The Balaban J connectivity index is 1.37. The number of carbonyl (C=O) groups excluding carboxylic acids is 1. The maximum Gasteiger partial charge on any atom is 0.264 e. The van der Waals surface area contributed by atoms with Crippen LogP contribution < -0.4 is 5.32 Å². The molecule has 130 valence electrons. The zero-order valence-corrected chi connectivity index (χ0v) is 13.6. The molecular weight excluding hydrogens is 312 g/mol. The van der Waals surface area contributed by atoms with E-state index in [1.54, 1.807) is 0 Å². The molecule has 24 heavy (non-hydrogen) atoms. The Morgan fingerprint density at radius 3 is 2.50 bits per heavy atom. The Bertz CT molecular complexity index is 615. The number of ether oxygens (including phenoxy) is 1. The Hall–Kier alpha value is -1.49. The van der Waals surface area contributed by atoms with Crippen LogP contribution in [0, 0.1) is 17.3 Å². The van der Waals surface area contributed by atoms with Crippen molar-refractivity contribution in [3.8, 4) is 0 Å². The molecule has 1 aliphatic heterocycles. The van der Waals surface area contributed by atoms with E-state index < -0.39 is 17.2 Å². The summed E-state index contributed by atoms with van der Waals surface area (Å²) in [7, 11) is 0. The summed E-state index contributed by atoms with van der Waals surface area (Å²) in [6.07, 6.45) is 2.59. The third kappa shape index (κ3) is 2.73. The van der Waals surface area contributed by atoms with Gasteiger partial charge in [0.05, 0.1) is 0 Å². The molecule has 1 saturated heterocycles. The van der Waals surface area contributed by atoms with E-state index in [1.165, 1.54) is 5.56 Å². The number of hydrogen-bond acceptors (Lipinski definition) is 2. The van der Waals surface area contributed by atoms with Crippen molar-refractivity contribution >= 4 is 5.91 Å². The lowest BCUT2D eigenvalue weighted by Crippen LogP contribution is -2.43. The van der Waals surface area contributed by atoms with Crippen LogP contribution in [0.1, 0.15) is 31.2 Å². The van der Waals surface area contributed by atoms with Crippen LogP contribution in [-0.4, -0.2) is 31.1 Å². The lowest BCUT2D eigenvalue weighted by molar-refractivity contribution is -0.135. The highest BCUT2D eigenvalue weighted by molar-refractivity contribution is 5.88. The minimum atomic E-state index is -2.86. The van der Waals surface area contributed by atoms with E-state index in [0.29, 0.717) is 32.0 Å². The highest BCUT2D eigenvalue weighted by Crippen LogP contribution is 2.66. The fourth-order valence-electron chi connectivity index (χ4n) is 4.24. The largest absolute Gasteiger partial charge is 0.381 e. The molecular formula is C19H23F2NO2. The van der Waals surface area contributed by atoms with E-state index >= 15 is 0 Å². The first kappa shape index (κ1) is 16.0. The molecule has 3 fully saturated rings. The Morgan fingerprint density at radius 2 is 1.88 bits per heavy atom. The predicted octanol–water partition coefficient (Wildman–Crippen LogP) is 3.19. The maximum absolute atomic E-state index is 14.1. The van der Waals surface area contributed by atoms with Crippen LogP contribution in [0.3, 0.4) is 0 Å². The SMILES string of the molecule is O=C(NC1CC1Cc1ccccc1)C1(C2CCOCC2)CC1(F)F. The van der Waals surface area contributed by atoms with Crippen LogP contribution in [-0.2, 0) is 16.0 Å². The summed E-state index contributed by atoms with van der Waals surface area (Å²) in [6, 6.07) is 10.1. The second-order valence-electron chi connectivity index (χ2n) is 7.50. The zero-order chi connectivity index (χ0) is 16.8. The monoisotopic (exact) mass is 335 g/mol. The Kier molecular flexibility index (Phi) is 3.87. The van der Waals surface area contributed by atoms with Gasteiger partial charge in [-0.15, -0.1) is 0 Å². The Morgan fingerprint density at radius 1 is 1.21 bits per heavy atom. The molecule has 3 atom stereocenters. The normalized spacial score (nSPS) is 34.6. The van der Waals surface area contributed by atoms with Crippen LogP contribution in [0.25, 0.3) is 0 Å². The van der Waals surface area contributed by atoms with Gasteiger partial charge in [0, 0.05) is 25.7 Å². The maximum atomic E-state index is 14.1. The number of amides is 1. The molecule has 1 heterocycles. The van der Waals surface area contributed by atoms with Gasteiger partial charge in [0.15, 0.2) is 0 Å². The molecule has 2 aliphatic carbocycles. The molecule has 0 aromatic heterocycles. The number of benzene rings is 1. The van der Waals surface area contributed by atoms with Gasteiger partial charge in [0.25, 0.3) is 5.92 Å². The van der Waals surface area contributed by atoms with Crippen molar-refractivity contribution in [1.82, 2.24) is 5.32 Å².